The summed E-state index contributed by atoms with van der Waals surface area (Å²) in [4.78, 5) is 27.6. The summed E-state index contributed by atoms with van der Waals surface area (Å²) >= 11 is 1.15. The summed E-state index contributed by atoms with van der Waals surface area (Å²) in [6.07, 6.45) is 2.44. The zero-order valence-corrected chi connectivity index (χ0v) is 14.9. The molecule has 7 heteroatoms. The van der Waals surface area contributed by atoms with Crippen LogP contribution in [0, 0.1) is 16.7 Å². The third kappa shape index (κ3) is 2.36. The van der Waals surface area contributed by atoms with Crippen LogP contribution in [-0.4, -0.2) is 46.6 Å². The van der Waals surface area contributed by atoms with Gasteiger partial charge in [0.1, 0.15) is 4.88 Å². The number of hydrogen-bond donors (Lipinski definition) is 0. The Kier molecular flexibility index (Phi) is 3.94. The van der Waals surface area contributed by atoms with Crippen LogP contribution in [0.15, 0.2) is 0 Å². The Balaban J connectivity index is 1.84. The first-order chi connectivity index (χ1) is 10.9. The molecule has 0 spiro atoms. The number of likely N-dealkylation sites (tertiary alicyclic amines) is 1. The number of carbonyl (C=O) groups excluding carboxylic acids is 2. The molecule has 3 rings (SSSR count). The summed E-state index contributed by atoms with van der Waals surface area (Å²) in [5.41, 5.74) is 0.298. The molecule has 1 amide bonds. The molecule has 2 aliphatic rings. The highest BCUT2D eigenvalue weighted by Crippen LogP contribution is 2.63. The fourth-order valence-electron chi connectivity index (χ4n) is 4.44. The molecule has 2 fully saturated rings. The Hall–Kier alpha value is -1.50. The quantitative estimate of drug-likeness (QED) is 0.787. The molecule has 126 valence electrons. The molecule has 1 aromatic rings. The Bertz CT molecular complexity index is 642. The van der Waals surface area contributed by atoms with E-state index in [1.54, 1.807) is 4.90 Å². The van der Waals surface area contributed by atoms with Crippen LogP contribution in [0.2, 0.25) is 0 Å². The fraction of sp³-hybridized carbons (Fsp3) is 0.750. The molecule has 0 unspecified atom stereocenters. The number of fused-ring (bicyclic) bond motifs is 1. The molecular formula is C16H23N3O3S. The van der Waals surface area contributed by atoms with Gasteiger partial charge in [0.25, 0.3) is 5.91 Å². The predicted octanol–water partition coefficient (Wildman–Crippen LogP) is 2.15. The molecule has 0 radical (unpaired) electrons. The van der Waals surface area contributed by atoms with Gasteiger partial charge < -0.3 is 9.64 Å². The van der Waals surface area contributed by atoms with E-state index in [2.05, 4.69) is 30.4 Å². The highest BCUT2D eigenvalue weighted by atomic mass is 32.1. The number of carbonyl (C=O) groups is 2. The predicted molar refractivity (Wildman–Crippen MR) is 86.1 cm³/mol. The molecule has 0 aromatic carbocycles. The van der Waals surface area contributed by atoms with E-state index in [-0.39, 0.29) is 23.2 Å². The van der Waals surface area contributed by atoms with Crippen molar-refractivity contribution in [1.29, 1.82) is 0 Å². The minimum Gasteiger partial charge on any atom is -0.469 e. The van der Waals surface area contributed by atoms with Gasteiger partial charge in [0.2, 0.25) is 0 Å². The minimum atomic E-state index is -0.531. The normalized spacial score (nSPS) is 28.2. The van der Waals surface area contributed by atoms with Gasteiger partial charge in [-0.3, -0.25) is 9.59 Å². The van der Waals surface area contributed by atoms with Crippen molar-refractivity contribution in [1.82, 2.24) is 14.5 Å². The second-order valence-corrected chi connectivity index (χ2v) is 8.10. The number of aromatic nitrogens is 2. The van der Waals surface area contributed by atoms with Crippen LogP contribution >= 0.6 is 11.5 Å². The molecule has 1 saturated carbocycles. The van der Waals surface area contributed by atoms with Gasteiger partial charge in [0.15, 0.2) is 0 Å². The van der Waals surface area contributed by atoms with E-state index >= 15 is 0 Å². The van der Waals surface area contributed by atoms with Crippen LogP contribution < -0.4 is 0 Å². The SMILES string of the molecule is CCCc1nnsc1C(=O)N1C[C@@H]2C(C)(C)C[C@]2(C(=O)OC)C1. The van der Waals surface area contributed by atoms with Crippen LogP contribution in [0.5, 0.6) is 0 Å². The zero-order chi connectivity index (χ0) is 16.8. The molecule has 6 nitrogen and oxygen atoms in total. The van der Waals surface area contributed by atoms with Crippen LogP contribution in [0.3, 0.4) is 0 Å². The van der Waals surface area contributed by atoms with Crippen molar-refractivity contribution in [3.05, 3.63) is 10.6 Å². The summed E-state index contributed by atoms with van der Waals surface area (Å²) in [5, 5.41) is 4.08. The lowest BCUT2D eigenvalue weighted by molar-refractivity contribution is -0.174. The molecule has 1 aliphatic heterocycles. The Morgan fingerprint density at radius 1 is 1.43 bits per heavy atom. The minimum absolute atomic E-state index is 0.0445. The highest BCUT2D eigenvalue weighted by molar-refractivity contribution is 7.08. The maximum absolute atomic E-state index is 12.9. The lowest BCUT2D eigenvalue weighted by atomic mass is 9.48. The molecule has 23 heavy (non-hydrogen) atoms. The summed E-state index contributed by atoms with van der Waals surface area (Å²) in [7, 11) is 1.43. The molecule has 2 atom stereocenters. The van der Waals surface area contributed by atoms with Gasteiger partial charge in [-0.25, -0.2) is 0 Å². The summed E-state index contributed by atoms with van der Waals surface area (Å²) < 4.78 is 8.97. The number of esters is 1. The van der Waals surface area contributed by atoms with E-state index in [0.29, 0.717) is 18.0 Å². The van der Waals surface area contributed by atoms with Gasteiger partial charge in [-0.2, -0.15) is 0 Å². The maximum atomic E-state index is 12.9. The van der Waals surface area contributed by atoms with E-state index in [1.165, 1.54) is 7.11 Å². The molecule has 1 saturated heterocycles. The van der Waals surface area contributed by atoms with Crippen molar-refractivity contribution in [3.8, 4) is 0 Å². The molecule has 2 heterocycles. The number of hydrogen-bond acceptors (Lipinski definition) is 6. The summed E-state index contributed by atoms with van der Waals surface area (Å²) in [5.74, 6) is -0.0767. The lowest BCUT2D eigenvalue weighted by Crippen LogP contribution is -2.57. The van der Waals surface area contributed by atoms with Crippen molar-refractivity contribution >= 4 is 23.4 Å². The number of aryl methyl sites for hydroxylation is 1. The van der Waals surface area contributed by atoms with Crippen molar-refractivity contribution in [2.24, 2.45) is 16.7 Å². The monoisotopic (exact) mass is 337 g/mol. The second-order valence-electron chi connectivity index (χ2n) is 7.35. The molecule has 1 aliphatic carbocycles. The second kappa shape index (κ2) is 5.54. The van der Waals surface area contributed by atoms with Gasteiger partial charge >= 0.3 is 5.97 Å². The van der Waals surface area contributed by atoms with E-state index in [4.69, 9.17) is 4.74 Å². The van der Waals surface area contributed by atoms with Crippen LogP contribution in [0.1, 0.15) is 49.0 Å². The van der Waals surface area contributed by atoms with E-state index < -0.39 is 5.41 Å². The van der Waals surface area contributed by atoms with Crippen molar-refractivity contribution < 1.29 is 14.3 Å². The van der Waals surface area contributed by atoms with Gasteiger partial charge in [0, 0.05) is 13.1 Å². The Labute approximate surface area is 140 Å². The Morgan fingerprint density at radius 2 is 2.17 bits per heavy atom. The first-order valence-corrected chi connectivity index (χ1v) is 8.82. The first kappa shape index (κ1) is 16.4. The molecule has 1 aromatic heterocycles. The Morgan fingerprint density at radius 3 is 2.78 bits per heavy atom. The van der Waals surface area contributed by atoms with E-state index in [9.17, 15) is 9.59 Å². The average molecular weight is 337 g/mol. The van der Waals surface area contributed by atoms with Crippen molar-refractivity contribution in [2.75, 3.05) is 20.2 Å². The standard InChI is InChI=1S/C16H23N3O3S/c1-5-6-10-12(23-18-17-10)13(20)19-7-11-15(2,3)8-16(11,9-19)14(21)22-4/h11H,5-9H2,1-4H3/t11-,16+/m1/s1. The summed E-state index contributed by atoms with van der Waals surface area (Å²) in [6, 6.07) is 0. The van der Waals surface area contributed by atoms with Crippen LogP contribution in [0.4, 0.5) is 0 Å². The third-order valence-corrected chi connectivity index (χ3v) is 6.13. The topological polar surface area (TPSA) is 72.4 Å². The number of methoxy groups -OCH3 is 1. The largest absolute Gasteiger partial charge is 0.469 e. The van der Waals surface area contributed by atoms with E-state index in [0.717, 1.165) is 36.5 Å². The highest BCUT2D eigenvalue weighted by Gasteiger charge is 2.68. The zero-order valence-electron chi connectivity index (χ0n) is 14.1. The van der Waals surface area contributed by atoms with Gasteiger partial charge in [-0.05, 0) is 35.7 Å². The lowest BCUT2D eigenvalue weighted by Gasteiger charge is -2.54. The number of amides is 1. The van der Waals surface area contributed by atoms with Crippen LogP contribution in [0.25, 0.3) is 0 Å². The van der Waals surface area contributed by atoms with Crippen molar-refractivity contribution in [2.45, 2.75) is 40.0 Å². The smallest absolute Gasteiger partial charge is 0.314 e. The maximum Gasteiger partial charge on any atom is 0.314 e. The average Bonchev–Trinajstić information content (AvgIpc) is 3.09. The fourth-order valence-corrected chi connectivity index (χ4v) is 5.12. The summed E-state index contributed by atoms with van der Waals surface area (Å²) in [6.45, 7) is 7.41. The third-order valence-electron chi connectivity index (χ3n) is 5.37. The molecule has 0 bridgehead atoms. The van der Waals surface area contributed by atoms with Gasteiger partial charge in [0.05, 0.1) is 18.2 Å². The van der Waals surface area contributed by atoms with Gasteiger partial charge in [-0.1, -0.05) is 31.7 Å². The number of rotatable bonds is 4. The van der Waals surface area contributed by atoms with Gasteiger partial charge in [-0.15, -0.1) is 5.10 Å². The van der Waals surface area contributed by atoms with E-state index in [1.807, 2.05) is 0 Å². The number of ether oxygens (including phenoxy) is 1. The molecular weight excluding hydrogens is 314 g/mol. The van der Waals surface area contributed by atoms with Crippen LogP contribution in [-0.2, 0) is 16.0 Å². The first-order valence-electron chi connectivity index (χ1n) is 8.04. The number of nitrogens with zero attached hydrogens (tertiary/aromatic N) is 3. The molecule has 0 N–H and O–H groups in total. The van der Waals surface area contributed by atoms with Crippen molar-refractivity contribution in [3.63, 3.8) is 0 Å².